The molecule has 0 atom stereocenters. The number of ether oxygens (including phenoxy) is 3. The number of methoxy groups -OCH3 is 3. The van der Waals surface area contributed by atoms with E-state index in [9.17, 15) is 0 Å². The number of nitrogens with two attached hydrogens (primary N) is 1. The van der Waals surface area contributed by atoms with Gasteiger partial charge in [-0.25, -0.2) is 0 Å². The average Bonchev–Trinajstić information content (AvgIpc) is 2.46. The van der Waals surface area contributed by atoms with Crippen molar-refractivity contribution in [1.82, 2.24) is 5.32 Å². The SMILES string of the molecule is COc1cc(OC)c(OC)cc1CCNCCCN. The van der Waals surface area contributed by atoms with Crippen molar-refractivity contribution >= 4 is 0 Å². The third-order valence-electron chi connectivity index (χ3n) is 2.92. The Morgan fingerprint density at radius 1 is 0.947 bits per heavy atom. The van der Waals surface area contributed by atoms with Crippen LogP contribution in [0.2, 0.25) is 0 Å². The molecule has 1 aromatic rings. The third-order valence-corrected chi connectivity index (χ3v) is 2.92. The number of hydrogen-bond acceptors (Lipinski definition) is 5. The zero-order chi connectivity index (χ0) is 14.1. The highest BCUT2D eigenvalue weighted by atomic mass is 16.5. The van der Waals surface area contributed by atoms with Gasteiger partial charge in [0.15, 0.2) is 11.5 Å². The maximum absolute atomic E-state index is 5.45. The first-order chi connectivity index (χ1) is 9.26. The summed E-state index contributed by atoms with van der Waals surface area (Å²) in [5.74, 6) is 2.22. The van der Waals surface area contributed by atoms with E-state index in [1.54, 1.807) is 21.3 Å². The van der Waals surface area contributed by atoms with Gasteiger partial charge in [0.1, 0.15) is 5.75 Å². The number of rotatable bonds is 9. The van der Waals surface area contributed by atoms with Crippen LogP contribution in [0, 0.1) is 0 Å². The molecule has 0 saturated heterocycles. The molecule has 0 aliphatic carbocycles. The van der Waals surface area contributed by atoms with Crippen LogP contribution in [0.15, 0.2) is 12.1 Å². The van der Waals surface area contributed by atoms with E-state index in [4.69, 9.17) is 19.9 Å². The highest BCUT2D eigenvalue weighted by Crippen LogP contribution is 2.34. The summed E-state index contributed by atoms with van der Waals surface area (Å²) in [6.07, 6.45) is 1.86. The third kappa shape index (κ3) is 4.61. The quantitative estimate of drug-likeness (QED) is 0.659. The second-order valence-electron chi connectivity index (χ2n) is 4.16. The lowest BCUT2D eigenvalue weighted by Gasteiger charge is -2.14. The smallest absolute Gasteiger partial charge is 0.164 e. The van der Waals surface area contributed by atoms with Gasteiger partial charge in [0.2, 0.25) is 0 Å². The highest BCUT2D eigenvalue weighted by Gasteiger charge is 2.11. The molecule has 1 aromatic carbocycles. The van der Waals surface area contributed by atoms with Crippen LogP contribution in [0.3, 0.4) is 0 Å². The van der Waals surface area contributed by atoms with E-state index in [1.165, 1.54) is 0 Å². The first kappa shape index (κ1) is 15.6. The van der Waals surface area contributed by atoms with Gasteiger partial charge in [-0.15, -0.1) is 0 Å². The minimum Gasteiger partial charge on any atom is -0.496 e. The van der Waals surface area contributed by atoms with Gasteiger partial charge in [-0.2, -0.15) is 0 Å². The minimum atomic E-state index is 0.680. The van der Waals surface area contributed by atoms with Crippen molar-refractivity contribution in [3.63, 3.8) is 0 Å². The molecule has 0 heterocycles. The molecule has 1 rings (SSSR count). The second-order valence-corrected chi connectivity index (χ2v) is 4.16. The lowest BCUT2D eigenvalue weighted by molar-refractivity contribution is 0.347. The Morgan fingerprint density at radius 3 is 2.16 bits per heavy atom. The van der Waals surface area contributed by atoms with Gasteiger partial charge in [-0.3, -0.25) is 0 Å². The van der Waals surface area contributed by atoms with Gasteiger partial charge in [0.05, 0.1) is 21.3 Å². The van der Waals surface area contributed by atoms with Crippen molar-refractivity contribution in [1.29, 1.82) is 0 Å². The lowest BCUT2D eigenvalue weighted by atomic mass is 10.1. The number of nitrogens with one attached hydrogen (secondary N) is 1. The minimum absolute atomic E-state index is 0.680. The molecule has 0 fully saturated rings. The van der Waals surface area contributed by atoms with Gasteiger partial charge < -0.3 is 25.3 Å². The standard InChI is InChI=1S/C14H24N2O3/c1-17-12-10-14(19-3)13(18-2)9-11(12)5-8-16-7-4-6-15/h9-10,16H,4-8,15H2,1-3H3. The highest BCUT2D eigenvalue weighted by molar-refractivity contribution is 5.50. The van der Waals surface area contributed by atoms with Crippen LogP contribution in [-0.2, 0) is 6.42 Å². The molecule has 0 radical (unpaired) electrons. The van der Waals surface area contributed by atoms with Gasteiger partial charge in [-0.05, 0) is 44.1 Å². The summed E-state index contributed by atoms with van der Waals surface area (Å²) in [4.78, 5) is 0. The van der Waals surface area contributed by atoms with Crippen LogP contribution in [0.1, 0.15) is 12.0 Å². The van der Waals surface area contributed by atoms with Crippen LogP contribution in [0.4, 0.5) is 0 Å². The van der Waals surface area contributed by atoms with Crippen LogP contribution in [-0.4, -0.2) is 41.0 Å². The summed E-state index contributed by atoms with van der Waals surface area (Å²) in [6, 6.07) is 3.82. The Kier molecular flexibility index (Phi) is 7.07. The van der Waals surface area contributed by atoms with Crippen molar-refractivity contribution in [3.05, 3.63) is 17.7 Å². The number of benzene rings is 1. The zero-order valence-corrected chi connectivity index (χ0v) is 12.0. The van der Waals surface area contributed by atoms with E-state index in [1.807, 2.05) is 12.1 Å². The fourth-order valence-corrected chi connectivity index (χ4v) is 1.86. The second kappa shape index (κ2) is 8.61. The van der Waals surface area contributed by atoms with E-state index in [0.717, 1.165) is 43.0 Å². The average molecular weight is 268 g/mol. The summed E-state index contributed by atoms with van der Waals surface area (Å²) in [5.41, 5.74) is 6.54. The van der Waals surface area contributed by atoms with E-state index < -0.39 is 0 Å². The molecule has 0 aliphatic heterocycles. The molecule has 0 unspecified atom stereocenters. The molecule has 5 heteroatoms. The number of hydrogen-bond donors (Lipinski definition) is 2. The molecule has 0 amide bonds. The van der Waals surface area contributed by atoms with E-state index >= 15 is 0 Å². The van der Waals surface area contributed by atoms with E-state index in [2.05, 4.69) is 5.32 Å². The summed E-state index contributed by atoms with van der Waals surface area (Å²) >= 11 is 0. The Bertz CT molecular complexity index is 383. The maximum atomic E-state index is 5.45. The maximum Gasteiger partial charge on any atom is 0.164 e. The zero-order valence-electron chi connectivity index (χ0n) is 12.0. The molecule has 0 bridgehead atoms. The van der Waals surface area contributed by atoms with Gasteiger partial charge >= 0.3 is 0 Å². The summed E-state index contributed by atoms with van der Waals surface area (Å²) in [7, 11) is 4.91. The Morgan fingerprint density at radius 2 is 1.58 bits per heavy atom. The predicted octanol–water partition coefficient (Wildman–Crippen LogP) is 1.19. The molecule has 0 aliphatic rings. The summed E-state index contributed by atoms with van der Waals surface area (Å²) < 4.78 is 15.9. The van der Waals surface area contributed by atoms with Crippen molar-refractivity contribution in [3.8, 4) is 17.2 Å². The fraction of sp³-hybridized carbons (Fsp3) is 0.571. The van der Waals surface area contributed by atoms with Crippen LogP contribution < -0.4 is 25.3 Å². The first-order valence-corrected chi connectivity index (χ1v) is 6.46. The van der Waals surface area contributed by atoms with Gasteiger partial charge in [0.25, 0.3) is 0 Å². The largest absolute Gasteiger partial charge is 0.496 e. The van der Waals surface area contributed by atoms with Crippen molar-refractivity contribution in [2.45, 2.75) is 12.8 Å². The predicted molar refractivity (Wildman–Crippen MR) is 76.3 cm³/mol. The van der Waals surface area contributed by atoms with Crippen LogP contribution >= 0.6 is 0 Å². The van der Waals surface area contributed by atoms with E-state index in [0.29, 0.717) is 12.3 Å². The summed E-state index contributed by atoms with van der Waals surface area (Å²) in [6.45, 7) is 2.53. The van der Waals surface area contributed by atoms with E-state index in [-0.39, 0.29) is 0 Å². The van der Waals surface area contributed by atoms with Crippen molar-refractivity contribution in [2.75, 3.05) is 41.0 Å². The first-order valence-electron chi connectivity index (χ1n) is 6.46. The Hall–Kier alpha value is -1.46. The molecule has 0 saturated carbocycles. The Labute approximate surface area is 115 Å². The monoisotopic (exact) mass is 268 g/mol. The molecule has 0 aromatic heterocycles. The Balaban J connectivity index is 2.70. The van der Waals surface area contributed by atoms with Crippen LogP contribution in [0.25, 0.3) is 0 Å². The topological polar surface area (TPSA) is 65.7 Å². The molecular weight excluding hydrogens is 244 g/mol. The summed E-state index contributed by atoms with van der Waals surface area (Å²) in [5, 5.41) is 3.34. The van der Waals surface area contributed by atoms with Crippen LogP contribution in [0.5, 0.6) is 17.2 Å². The normalized spacial score (nSPS) is 10.3. The lowest BCUT2D eigenvalue weighted by Crippen LogP contribution is -2.21. The molecule has 5 nitrogen and oxygen atoms in total. The fourth-order valence-electron chi connectivity index (χ4n) is 1.86. The molecule has 3 N–H and O–H groups in total. The van der Waals surface area contributed by atoms with Gasteiger partial charge in [-0.1, -0.05) is 0 Å². The molecular formula is C14H24N2O3. The molecule has 0 spiro atoms. The molecule has 108 valence electrons. The molecule has 19 heavy (non-hydrogen) atoms. The van der Waals surface area contributed by atoms with Gasteiger partial charge in [0, 0.05) is 6.07 Å². The van der Waals surface area contributed by atoms with Crippen molar-refractivity contribution < 1.29 is 14.2 Å². The van der Waals surface area contributed by atoms with Crippen molar-refractivity contribution in [2.24, 2.45) is 5.73 Å².